The van der Waals surface area contributed by atoms with E-state index in [1.165, 1.54) is 5.56 Å². The SMILES string of the molecule is Cc1cccc2c1cnn2CCC(=O)NCCCn1ccnc1. The summed E-state index contributed by atoms with van der Waals surface area (Å²) in [5.41, 5.74) is 2.29. The predicted octanol–water partition coefficient (Wildman–Crippen LogP) is 2.14. The number of amides is 1. The second-order valence-electron chi connectivity index (χ2n) is 5.63. The van der Waals surface area contributed by atoms with Crippen LogP contribution >= 0.6 is 0 Å². The Balaban J connectivity index is 1.44. The van der Waals surface area contributed by atoms with Crippen LogP contribution < -0.4 is 5.32 Å². The number of carbonyl (C=O) groups is 1. The normalized spacial score (nSPS) is 11.0. The smallest absolute Gasteiger partial charge is 0.221 e. The molecule has 0 aliphatic rings. The maximum Gasteiger partial charge on any atom is 0.221 e. The highest BCUT2D eigenvalue weighted by molar-refractivity contribution is 5.82. The van der Waals surface area contributed by atoms with Gasteiger partial charge in [-0.2, -0.15) is 5.10 Å². The van der Waals surface area contributed by atoms with Crippen molar-refractivity contribution < 1.29 is 4.79 Å². The van der Waals surface area contributed by atoms with Gasteiger partial charge >= 0.3 is 0 Å². The highest BCUT2D eigenvalue weighted by Gasteiger charge is 2.06. The summed E-state index contributed by atoms with van der Waals surface area (Å²) in [6.45, 7) is 4.21. The Hall–Kier alpha value is -2.63. The molecule has 0 aliphatic carbocycles. The number of imidazole rings is 1. The summed E-state index contributed by atoms with van der Waals surface area (Å²) in [4.78, 5) is 15.9. The minimum Gasteiger partial charge on any atom is -0.356 e. The zero-order valence-corrected chi connectivity index (χ0v) is 13.3. The zero-order chi connectivity index (χ0) is 16.1. The van der Waals surface area contributed by atoms with Gasteiger partial charge in [0.2, 0.25) is 5.91 Å². The van der Waals surface area contributed by atoms with Crippen LogP contribution in [0, 0.1) is 6.92 Å². The Kier molecular flexibility index (Phi) is 4.71. The summed E-state index contributed by atoms with van der Waals surface area (Å²) in [6.07, 6.45) is 8.67. The number of hydrogen-bond acceptors (Lipinski definition) is 3. The van der Waals surface area contributed by atoms with Crippen molar-refractivity contribution in [3.8, 4) is 0 Å². The first-order chi connectivity index (χ1) is 11.2. The molecule has 1 N–H and O–H groups in total. The zero-order valence-electron chi connectivity index (χ0n) is 13.3. The summed E-state index contributed by atoms with van der Waals surface area (Å²) in [5, 5.41) is 8.48. The average molecular weight is 311 g/mol. The molecule has 120 valence electrons. The minimum absolute atomic E-state index is 0.0620. The third kappa shape index (κ3) is 3.77. The van der Waals surface area contributed by atoms with Gasteiger partial charge in [-0.05, 0) is 25.0 Å². The molecule has 0 spiro atoms. The fourth-order valence-corrected chi connectivity index (χ4v) is 2.63. The molecule has 2 aromatic heterocycles. The molecule has 2 heterocycles. The maximum atomic E-state index is 11.9. The largest absolute Gasteiger partial charge is 0.356 e. The van der Waals surface area contributed by atoms with Gasteiger partial charge in [-0.1, -0.05) is 12.1 Å². The quantitative estimate of drug-likeness (QED) is 0.680. The standard InChI is InChI=1S/C17H21N5O/c1-14-4-2-5-16-15(14)12-20-22(16)10-6-17(23)19-7-3-9-21-11-8-18-13-21/h2,4-5,8,11-13H,3,6-7,9-10H2,1H3,(H,19,23). The highest BCUT2D eigenvalue weighted by atomic mass is 16.1. The van der Waals surface area contributed by atoms with Gasteiger partial charge in [-0.3, -0.25) is 9.48 Å². The molecule has 3 aromatic rings. The molecule has 23 heavy (non-hydrogen) atoms. The number of nitrogens with one attached hydrogen (secondary N) is 1. The van der Waals surface area contributed by atoms with Crippen molar-refractivity contribution in [2.24, 2.45) is 0 Å². The number of carbonyl (C=O) groups excluding carboxylic acids is 1. The van der Waals surface area contributed by atoms with Gasteiger partial charge in [0.1, 0.15) is 0 Å². The topological polar surface area (TPSA) is 64.7 Å². The molecular formula is C17H21N5O. The first-order valence-electron chi connectivity index (χ1n) is 7.87. The summed E-state index contributed by atoms with van der Waals surface area (Å²) >= 11 is 0. The summed E-state index contributed by atoms with van der Waals surface area (Å²) in [5.74, 6) is 0.0620. The molecule has 0 unspecified atom stereocenters. The third-order valence-electron chi connectivity index (χ3n) is 3.93. The summed E-state index contributed by atoms with van der Waals surface area (Å²) in [7, 11) is 0. The molecular weight excluding hydrogens is 290 g/mol. The average Bonchev–Trinajstić information content (AvgIpc) is 3.20. The van der Waals surface area contributed by atoms with Gasteiger partial charge in [0.25, 0.3) is 0 Å². The van der Waals surface area contributed by atoms with Crippen molar-refractivity contribution in [2.45, 2.75) is 32.9 Å². The predicted molar refractivity (Wildman–Crippen MR) is 88.9 cm³/mol. The molecule has 0 saturated heterocycles. The van der Waals surface area contributed by atoms with Crippen molar-refractivity contribution in [1.29, 1.82) is 0 Å². The van der Waals surface area contributed by atoms with Gasteiger partial charge < -0.3 is 9.88 Å². The maximum absolute atomic E-state index is 11.9. The molecule has 0 fully saturated rings. The molecule has 0 radical (unpaired) electrons. The van der Waals surface area contributed by atoms with Gasteiger partial charge in [-0.15, -0.1) is 0 Å². The van der Waals surface area contributed by atoms with Crippen LogP contribution in [-0.4, -0.2) is 31.8 Å². The van der Waals surface area contributed by atoms with Gasteiger partial charge in [0, 0.05) is 37.3 Å². The van der Waals surface area contributed by atoms with Crippen molar-refractivity contribution in [3.63, 3.8) is 0 Å². The second-order valence-corrected chi connectivity index (χ2v) is 5.63. The van der Waals surface area contributed by atoms with Crippen LogP contribution in [0.25, 0.3) is 10.9 Å². The van der Waals surface area contributed by atoms with E-state index in [0.29, 0.717) is 19.5 Å². The molecule has 0 saturated carbocycles. The van der Waals surface area contributed by atoms with E-state index < -0.39 is 0 Å². The van der Waals surface area contributed by atoms with Crippen LogP contribution in [0.1, 0.15) is 18.4 Å². The number of nitrogens with zero attached hydrogens (tertiary/aromatic N) is 4. The molecule has 6 nitrogen and oxygen atoms in total. The van der Waals surface area contributed by atoms with Gasteiger partial charge in [-0.25, -0.2) is 4.98 Å². The van der Waals surface area contributed by atoms with Crippen LogP contribution in [0.15, 0.2) is 43.1 Å². The monoisotopic (exact) mass is 311 g/mol. The Labute approximate surface area is 135 Å². The Morgan fingerprint density at radius 1 is 1.30 bits per heavy atom. The first-order valence-corrected chi connectivity index (χ1v) is 7.87. The molecule has 0 bridgehead atoms. The van der Waals surface area contributed by atoms with E-state index in [0.717, 1.165) is 23.9 Å². The van der Waals surface area contributed by atoms with E-state index in [1.54, 1.807) is 12.5 Å². The van der Waals surface area contributed by atoms with E-state index in [-0.39, 0.29) is 5.91 Å². The van der Waals surface area contributed by atoms with Crippen LogP contribution in [0.4, 0.5) is 0 Å². The van der Waals surface area contributed by atoms with Gasteiger partial charge in [0.15, 0.2) is 0 Å². The first kappa shape index (κ1) is 15.3. The van der Waals surface area contributed by atoms with Crippen LogP contribution in [0.3, 0.4) is 0 Å². The Bertz CT molecular complexity index is 775. The van der Waals surface area contributed by atoms with E-state index in [2.05, 4.69) is 28.4 Å². The molecule has 1 amide bonds. The Morgan fingerprint density at radius 2 is 2.22 bits per heavy atom. The Morgan fingerprint density at radius 3 is 3.04 bits per heavy atom. The number of fused-ring (bicyclic) bond motifs is 1. The van der Waals surface area contributed by atoms with E-state index in [4.69, 9.17) is 0 Å². The lowest BCUT2D eigenvalue weighted by atomic mass is 10.1. The van der Waals surface area contributed by atoms with Crippen LogP contribution in [0.2, 0.25) is 0 Å². The molecule has 0 atom stereocenters. The lowest BCUT2D eigenvalue weighted by Gasteiger charge is -2.07. The fraction of sp³-hybridized carbons (Fsp3) is 0.353. The second kappa shape index (κ2) is 7.09. The fourth-order valence-electron chi connectivity index (χ4n) is 2.63. The third-order valence-corrected chi connectivity index (χ3v) is 3.93. The van der Waals surface area contributed by atoms with E-state index in [9.17, 15) is 4.79 Å². The number of benzene rings is 1. The number of aryl methyl sites for hydroxylation is 3. The molecule has 6 heteroatoms. The van der Waals surface area contributed by atoms with Crippen molar-refractivity contribution in [3.05, 3.63) is 48.7 Å². The van der Waals surface area contributed by atoms with E-state index >= 15 is 0 Å². The molecule has 3 rings (SSSR count). The van der Waals surface area contributed by atoms with Crippen LogP contribution in [-0.2, 0) is 17.9 Å². The number of aromatic nitrogens is 4. The lowest BCUT2D eigenvalue weighted by Crippen LogP contribution is -2.26. The summed E-state index contributed by atoms with van der Waals surface area (Å²) in [6, 6.07) is 6.13. The van der Waals surface area contributed by atoms with Crippen molar-refractivity contribution >= 4 is 16.8 Å². The van der Waals surface area contributed by atoms with E-state index in [1.807, 2.05) is 33.8 Å². The summed E-state index contributed by atoms with van der Waals surface area (Å²) < 4.78 is 3.90. The van der Waals surface area contributed by atoms with Crippen LogP contribution in [0.5, 0.6) is 0 Å². The molecule has 1 aromatic carbocycles. The lowest BCUT2D eigenvalue weighted by molar-refractivity contribution is -0.121. The van der Waals surface area contributed by atoms with Gasteiger partial charge in [0.05, 0.1) is 24.6 Å². The highest BCUT2D eigenvalue weighted by Crippen LogP contribution is 2.17. The van der Waals surface area contributed by atoms with Crippen molar-refractivity contribution in [2.75, 3.05) is 6.54 Å². The minimum atomic E-state index is 0.0620. The number of hydrogen-bond donors (Lipinski definition) is 1. The number of rotatable bonds is 7. The molecule has 0 aliphatic heterocycles. The van der Waals surface area contributed by atoms with Crippen molar-refractivity contribution in [1.82, 2.24) is 24.6 Å².